The second-order valence-corrected chi connectivity index (χ2v) is 6.83. The van der Waals surface area contributed by atoms with E-state index in [1.807, 2.05) is 62.3 Å². The number of anilines is 2. The molecule has 0 heterocycles. The first kappa shape index (κ1) is 21.4. The number of methoxy groups -OCH3 is 1. The Morgan fingerprint density at radius 2 is 1.93 bits per heavy atom. The molecule has 0 aliphatic carbocycles. The van der Waals surface area contributed by atoms with Gasteiger partial charge in [-0.05, 0) is 60.9 Å². The molecule has 0 saturated heterocycles. The molecule has 0 unspecified atom stereocenters. The van der Waals surface area contributed by atoms with Crippen LogP contribution in [0.3, 0.4) is 0 Å². The highest BCUT2D eigenvalue weighted by atomic mass is 16.5. The summed E-state index contributed by atoms with van der Waals surface area (Å²) in [6.45, 7) is 4.77. The normalized spacial score (nSPS) is 10.8. The third kappa shape index (κ3) is 6.05. The van der Waals surface area contributed by atoms with Crippen molar-refractivity contribution in [3.63, 3.8) is 0 Å². The highest BCUT2D eigenvalue weighted by Gasteiger charge is 2.06. The van der Waals surface area contributed by atoms with Gasteiger partial charge in [0.05, 0.1) is 13.7 Å². The first-order valence-electron chi connectivity index (χ1n) is 9.52. The van der Waals surface area contributed by atoms with E-state index in [9.17, 15) is 4.79 Å². The SMILES string of the molecule is CCCCOc1ccc(/C=C/C(=O)Nc2ccc(N(C)C)cc2C)cc1OC. The average Bonchev–Trinajstić information content (AvgIpc) is 2.68. The van der Waals surface area contributed by atoms with Crippen LogP contribution in [0.1, 0.15) is 30.9 Å². The second-order valence-electron chi connectivity index (χ2n) is 6.83. The molecule has 1 amide bonds. The van der Waals surface area contributed by atoms with Crippen LogP contribution >= 0.6 is 0 Å². The number of aryl methyl sites for hydroxylation is 1. The Morgan fingerprint density at radius 1 is 1.14 bits per heavy atom. The van der Waals surface area contributed by atoms with Gasteiger partial charge in [0.15, 0.2) is 11.5 Å². The van der Waals surface area contributed by atoms with E-state index in [-0.39, 0.29) is 5.91 Å². The number of carbonyl (C=O) groups is 1. The van der Waals surface area contributed by atoms with Crippen LogP contribution in [-0.2, 0) is 4.79 Å². The van der Waals surface area contributed by atoms with Crippen LogP contribution in [0.4, 0.5) is 11.4 Å². The lowest BCUT2D eigenvalue weighted by Crippen LogP contribution is -2.11. The number of nitrogens with zero attached hydrogens (tertiary/aromatic N) is 1. The lowest BCUT2D eigenvalue weighted by atomic mass is 10.1. The predicted molar refractivity (Wildman–Crippen MR) is 117 cm³/mol. The summed E-state index contributed by atoms with van der Waals surface area (Å²) in [6, 6.07) is 11.6. The molecule has 0 bridgehead atoms. The Hall–Kier alpha value is -2.95. The second kappa shape index (κ2) is 10.4. The summed E-state index contributed by atoms with van der Waals surface area (Å²) in [4.78, 5) is 14.3. The summed E-state index contributed by atoms with van der Waals surface area (Å²) in [5.74, 6) is 1.20. The first-order valence-corrected chi connectivity index (χ1v) is 9.52. The Morgan fingerprint density at radius 3 is 2.57 bits per heavy atom. The summed E-state index contributed by atoms with van der Waals surface area (Å²) in [5, 5.41) is 2.92. The number of hydrogen-bond acceptors (Lipinski definition) is 4. The Kier molecular flexibility index (Phi) is 7.93. The van der Waals surface area contributed by atoms with Crippen molar-refractivity contribution in [1.82, 2.24) is 0 Å². The Bertz CT molecular complexity index is 829. The largest absolute Gasteiger partial charge is 0.493 e. The van der Waals surface area contributed by atoms with Gasteiger partial charge in [0.2, 0.25) is 5.91 Å². The quantitative estimate of drug-likeness (QED) is 0.495. The summed E-state index contributed by atoms with van der Waals surface area (Å²) < 4.78 is 11.1. The number of hydrogen-bond donors (Lipinski definition) is 1. The summed E-state index contributed by atoms with van der Waals surface area (Å²) in [5.41, 5.74) is 3.79. The van der Waals surface area contributed by atoms with Gasteiger partial charge >= 0.3 is 0 Å². The molecule has 0 spiro atoms. The zero-order valence-electron chi connectivity index (χ0n) is 17.4. The number of rotatable bonds is 9. The fourth-order valence-corrected chi connectivity index (χ4v) is 2.65. The molecule has 0 aromatic heterocycles. The fraction of sp³-hybridized carbons (Fsp3) is 0.348. The van der Waals surface area contributed by atoms with E-state index in [0.29, 0.717) is 18.1 Å². The van der Waals surface area contributed by atoms with Gasteiger partial charge in [-0.2, -0.15) is 0 Å². The minimum atomic E-state index is -0.178. The number of nitrogens with one attached hydrogen (secondary N) is 1. The van der Waals surface area contributed by atoms with Gasteiger partial charge in [0.1, 0.15) is 0 Å². The summed E-state index contributed by atoms with van der Waals surface area (Å²) in [6.07, 6.45) is 5.36. The monoisotopic (exact) mass is 382 g/mol. The molecular weight excluding hydrogens is 352 g/mol. The molecule has 0 aliphatic heterocycles. The van der Waals surface area contributed by atoms with E-state index in [1.165, 1.54) is 6.08 Å². The third-order valence-corrected chi connectivity index (χ3v) is 4.35. The maximum Gasteiger partial charge on any atom is 0.248 e. The van der Waals surface area contributed by atoms with Crippen LogP contribution < -0.4 is 19.7 Å². The highest BCUT2D eigenvalue weighted by molar-refractivity contribution is 6.02. The molecular formula is C23H30N2O3. The van der Waals surface area contributed by atoms with E-state index >= 15 is 0 Å². The standard InChI is InChI=1S/C23H30N2O3/c1-6-7-14-28-21-12-8-18(16-22(21)27-5)9-13-23(26)24-20-11-10-19(25(3)4)15-17(20)2/h8-13,15-16H,6-7,14H2,1-5H3,(H,24,26)/b13-9+. The molecule has 0 saturated carbocycles. The number of benzene rings is 2. The van der Waals surface area contributed by atoms with E-state index in [2.05, 4.69) is 12.2 Å². The minimum absolute atomic E-state index is 0.178. The van der Waals surface area contributed by atoms with Gasteiger partial charge in [0.25, 0.3) is 0 Å². The number of ether oxygens (including phenoxy) is 2. The van der Waals surface area contributed by atoms with Crippen LogP contribution in [0, 0.1) is 6.92 Å². The molecule has 2 aromatic rings. The first-order chi connectivity index (χ1) is 13.4. The van der Waals surface area contributed by atoms with Crippen molar-refractivity contribution in [3.05, 3.63) is 53.6 Å². The van der Waals surface area contributed by atoms with E-state index in [4.69, 9.17) is 9.47 Å². The van der Waals surface area contributed by atoms with Crippen molar-refractivity contribution in [2.75, 3.05) is 38.0 Å². The molecule has 2 rings (SSSR count). The van der Waals surface area contributed by atoms with E-state index in [1.54, 1.807) is 13.2 Å². The van der Waals surface area contributed by atoms with Gasteiger partial charge < -0.3 is 19.7 Å². The van der Waals surface area contributed by atoms with Crippen molar-refractivity contribution in [3.8, 4) is 11.5 Å². The lowest BCUT2D eigenvalue weighted by molar-refractivity contribution is -0.111. The third-order valence-electron chi connectivity index (χ3n) is 4.35. The highest BCUT2D eigenvalue weighted by Crippen LogP contribution is 2.29. The molecule has 5 nitrogen and oxygen atoms in total. The molecule has 28 heavy (non-hydrogen) atoms. The topological polar surface area (TPSA) is 50.8 Å². The van der Waals surface area contributed by atoms with Crippen LogP contribution in [-0.4, -0.2) is 33.7 Å². The zero-order valence-corrected chi connectivity index (χ0v) is 17.4. The van der Waals surface area contributed by atoms with Gasteiger partial charge in [-0.15, -0.1) is 0 Å². The fourth-order valence-electron chi connectivity index (χ4n) is 2.65. The molecule has 0 atom stereocenters. The van der Waals surface area contributed by atoms with Gasteiger partial charge in [-0.25, -0.2) is 0 Å². The number of carbonyl (C=O) groups excluding carboxylic acids is 1. The Labute approximate surface area is 168 Å². The summed E-state index contributed by atoms with van der Waals surface area (Å²) >= 11 is 0. The van der Waals surface area contributed by atoms with E-state index in [0.717, 1.165) is 35.3 Å². The molecule has 150 valence electrons. The maximum absolute atomic E-state index is 12.3. The average molecular weight is 383 g/mol. The van der Waals surface area contributed by atoms with Crippen LogP contribution in [0.15, 0.2) is 42.5 Å². The van der Waals surface area contributed by atoms with Crippen LogP contribution in [0.5, 0.6) is 11.5 Å². The minimum Gasteiger partial charge on any atom is -0.493 e. The maximum atomic E-state index is 12.3. The molecule has 0 fully saturated rings. The van der Waals surface area contributed by atoms with Crippen LogP contribution in [0.2, 0.25) is 0 Å². The predicted octanol–water partition coefficient (Wildman–Crippen LogP) is 4.90. The van der Waals surface area contributed by atoms with Crippen molar-refractivity contribution in [2.24, 2.45) is 0 Å². The molecule has 5 heteroatoms. The van der Waals surface area contributed by atoms with Crippen molar-refractivity contribution in [2.45, 2.75) is 26.7 Å². The van der Waals surface area contributed by atoms with Gasteiger partial charge in [-0.1, -0.05) is 19.4 Å². The molecule has 0 radical (unpaired) electrons. The molecule has 0 aliphatic rings. The zero-order chi connectivity index (χ0) is 20.5. The van der Waals surface area contributed by atoms with Crippen LogP contribution in [0.25, 0.3) is 6.08 Å². The van der Waals surface area contributed by atoms with Gasteiger partial charge in [-0.3, -0.25) is 4.79 Å². The van der Waals surface area contributed by atoms with Crippen molar-refractivity contribution < 1.29 is 14.3 Å². The van der Waals surface area contributed by atoms with E-state index < -0.39 is 0 Å². The number of amides is 1. The Balaban J connectivity index is 2.03. The van der Waals surface area contributed by atoms with Crippen molar-refractivity contribution in [1.29, 1.82) is 0 Å². The smallest absolute Gasteiger partial charge is 0.248 e. The van der Waals surface area contributed by atoms with Crippen molar-refractivity contribution >= 4 is 23.4 Å². The molecule has 1 N–H and O–H groups in total. The molecule has 2 aromatic carbocycles. The number of unbranched alkanes of at least 4 members (excludes halogenated alkanes) is 1. The van der Waals surface area contributed by atoms with Gasteiger partial charge in [0, 0.05) is 31.5 Å². The lowest BCUT2D eigenvalue weighted by Gasteiger charge is -2.15. The summed E-state index contributed by atoms with van der Waals surface area (Å²) in [7, 11) is 5.59.